The van der Waals surface area contributed by atoms with Gasteiger partial charge in [-0.25, -0.2) is 0 Å². The number of unbranched alkanes of at least 4 members (excludes halogenated alkanes) is 1. The van der Waals surface area contributed by atoms with Gasteiger partial charge in [-0.15, -0.1) is 12.4 Å². The van der Waals surface area contributed by atoms with Gasteiger partial charge in [0.15, 0.2) is 5.96 Å². The lowest BCUT2D eigenvalue weighted by Crippen LogP contribution is -2.39. The molecule has 0 saturated carbocycles. The smallest absolute Gasteiger partial charge is 0.215 e. The number of guanidine groups is 2. The van der Waals surface area contributed by atoms with Crippen molar-refractivity contribution in [1.29, 1.82) is 5.41 Å². The third-order valence-electron chi connectivity index (χ3n) is 1.75. The third-order valence-corrected chi connectivity index (χ3v) is 1.75. The minimum Gasteiger partial charge on any atom is -0.369 e. The van der Waals surface area contributed by atoms with Gasteiger partial charge in [0, 0.05) is 13.1 Å². The van der Waals surface area contributed by atoms with Gasteiger partial charge in [-0.05, 0) is 19.8 Å². The number of nitrogens with zero attached hydrogens (tertiary/aromatic N) is 2. The van der Waals surface area contributed by atoms with Crippen molar-refractivity contribution in [3.8, 4) is 0 Å². The summed E-state index contributed by atoms with van der Waals surface area (Å²) in [7, 11) is 0. The monoisotopic (exact) mass is 239 g/mol. The maximum atomic E-state index is 11.8. The van der Waals surface area contributed by atoms with Crippen LogP contribution in [0.5, 0.6) is 0 Å². The van der Waals surface area contributed by atoms with Gasteiger partial charge in [-0.1, -0.05) is 0 Å². The zero-order valence-electron chi connectivity index (χ0n) is 8.87. The highest BCUT2D eigenvalue weighted by Crippen LogP contribution is 1.95. The van der Waals surface area contributed by atoms with Gasteiger partial charge in [0.25, 0.3) is 0 Å². The van der Waals surface area contributed by atoms with E-state index in [1.807, 2.05) is 6.92 Å². The van der Waals surface area contributed by atoms with E-state index in [-0.39, 0.29) is 31.0 Å². The highest BCUT2D eigenvalue weighted by atomic mass is 35.5. The van der Waals surface area contributed by atoms with E-state index < -0.39 is 0 Å². The molecule has 0 aliphatic heterocycles. The Hall–Kier alpha value is -1.04. The van der Waals surface area contributed by atoms with E-state index in [0.29, 0.717) is 19.5 Å². The molecule has 5 nitrogen and oxygen atoms in total. The molecule has 5 N–H and O–H groups in total. The molecule has 0 fully saturated rings. The number of hydrogen-bond acceptors (Lipinski definition) is 1. The number of rotatable bonds is 5. The zero-order valence-corrected chi connectivity index (χ0v) is 9.69. The summed E-state index contributed by atoms with van der Waals surface area (Å²) in [6.45, 7) is 2.91. The molecule has 0 rings (SSSR count). The van der Waals surface area contributed by atoms with E-state index in [4.69, 9.17) is 16.9 Å². The first-order chi connectivity index (χ1) is 6.61. The van der Waals surface area contributed by atoms with E-state index >= 15 is 0 Å². The maximum absolute atomic E-state index is 11.8. The van der Waals surface area contributed by atoms with Crippen LogP contribution in [0.4, 0.5) is 4.39 Å². The Morgan fingerprint density at radius 2 is 2.00 bits per heavy atom. The van der Waals surface area contributed by atoms with Crippen molar-refractivity contribution >= 4 is 24.3 Å². The van der Waals surface area contributed by atoms with E-state index in [2.05, 4.69) is 4.99 Å². The molecule has 0 saturated heterocycles. The minimum absolute atomic E-state index is 0. The Morgan fingerprint density at radius 3 is 2.40 bits per heavy atom. The molecule has 0 radical (unpaired) electrons. The molecule has 0 aromatic heterocycles. The number of nitrogens with two attached hydrogens (primary N) is 2. The summed E-state index contributed by atoms with van der Waals surface area (Å²) in [4.78, 5) is 5.38. The lowest BCUT2D eigenvalue weighted by Gasteiger charge is -2.21. The van der Waals surface area contributed by atoms with Crippen LogP contribution < -0.4 is 11.5 Å². The Bertz CT molecular complexity index is 209. The van der Waals surface area contributed by atoms with Crippen LogP contribution >= 0.6 is 12.4 Å². The fraction of sp³-hybridized carbons (Fsp3) is 0.750. The molecule has 0 aromatic carbocycles. The van der Waals surface area contributed by atoms with E-state index in [1.54, 1.807) is 4.90 Å². The first kappa shape index (κ1) is 16.4. The van der Waals surface area contributed by atoms with Crippen molar-refractivity contribution in [2.24, 2.45) is 16.5 Å². The van der Waals surface area contributed by atoms with E-state index in [1.165, 1.54) is 0 Å². The summed E-state index contributed by atoms with van der Waals surface area (Å²) in [6, 6.07) is 0. The molecule has 0 unspecified atom stereocenters. The van der Waals surface area contributed by atoms with Gasteiger partial charge < -0.3 is 16.4 Å². The van der Waals surface area contributed by atoms with Gasteiger partial charge in [0.05, 0.1) is 6.67 Å². The Kier molecular flexibility index (Phi) is 10.4. The van der Waals surface area contributed by atoms with Gasteiger partial charge in [0.2, 0.25) is 5.96 Å². The van der Waals surface area contributed by atoms with Gasteiger partial charge in [0.1, 0.15) is 0 Å². The molecule has 90 valence electrons. The molecule has 0 atom stereocenters. The average Bonchev–Trinajstić information content (AvgIpc) is 2.11. The summed E-state index contributed by atoms with van der Waals surface area (Å²) in [5.74, 6) is -0.0923. The van der Waals surface area contributed by atoms with Gasteiger partial charge in [-0.3, -0.25) is 9.80 Å². The quantitative estimate of drug-likeness (QED) is 0.374. The first-order valence-corrected chi connectivity index (χ1v) is 4.60. The van der Waals surface area contributed by atoms with Gasteiger partial charge in [-0.2, -0.15) is 4.99 Å². The molecule has 0 heterocycles. The largest absolute Gasteiger partial charge is 0.369 e. The van der Waals surface area contributed by atoms with Crippen molar-refractivity contribution in [3.05, 3.63) is 0 Å². The summed E-state index contributed by atoms with van der Waals surface area (Å²) < 4.78 is 11.8. The molecular weight excluding hydrogens is 221 g/mol. The minimum atomic E-state index is -0.318. The second-order valence-electron chi connectivity index (χ2n) is 2.83. The summed E-state index contributed by atoms with van der Waals surface area (Å²) in [5.41, 5.74) is 10.6. The molecule has 0 bridgehead atoms. The lowest BCUT2D eigenvalue weighted by atomic mass is 10.3. The van der Waals surface area contributed by atoms with Crippen molar-refractivity contribution in [1.82, 2.24) is 4.90 Å². The Labute approximate surface area is 95.6 Å². The Balaban J connectivity index is 0. The number of hydrogen-bond donors (Lipinski definition) is 3. The van der Waals surface area contributed by atoms with Crippen LogP contribution in [0.25, 0.3) is 0 Å². The molecule has 0 spiro atoms. The third kappa shape index (κ3) is 7.99. The molecule has 0 aliphatic carbocycles. The molecule has 7 heteroatoms. The SMILES string of the molecule is CCN(CCCCF)C(N)=NC(=N)N.Cl. The predicted octanol–water partition coefficient (Wildman–Crippen LogP) is 0.688. The molecular formula is C8H19ClFN5. The summed E-state index contributed by atoms with van der Waals surface area (Å²) in [5, 5.41) is 6.93. The van der Waals surface area contributed by atoms with Crippen LogP contribution in [0, 0.1) is 5.41 Å². The summed E-state index contributed by atoms with van der Waals surface area (Å²) >= 11 is 0. The number of halogens is 2. The molecule has 0 amide bonds. The van der Waals surface area contributed by atoms with Crippen LogP contribution in [0.2, 0.25) is 0 Å². The van der Waals surface area contributed by atoms with E-state index in [0.717, 1.165) is 6.42 Å². The molecule has 0 aromatic rings. The fourth-order valence-corrected chi connectivity index (χ4v) is 1.03. The molecule has 0 aliphatic rings. The van der Waals surface area contributed by atoms with Crippen LogP contribution in [0.3, 0.4) is 0 Å². The topological polar surface area (TPSA) is 91.5 Å². The predicted molar refractivity (Wildman–Crippen MR) is 63.2 cm³/mol. The van der Waals surface area contributed by atoms with Gasteiger partial charge >= 0.3 is 0 Å². The maximum Gasteiger partial charge on any atom is 0.215 e. The van der Waals surface area contributed by atoms with E-state index in [9.17, 15) is 4.39 Å². The van der Waals surface area contributed by atoms with Crippen molar-refractivity contribution < 1.29 is 4.39 Å². The van der Waals surface area contributed by atoms with Crippen molar-refractivity contribution in [2.45, 2.75) is 19.8 Å². The van der Waals surface area contributed by atoms with Crippen molar-refractivity contribution in [2.75, 3.05) is 19.8 Å². The van der Waals surface area contributed by atoms with Crippen molar-refractivity contribution in [3.63, 3.8) is 0 Å². The molecule has 15 heavy (non-hydrogen) atoms. The average molecular weight is 240 g/mol. The highest BCUT2D eigenvalue weighted by Gasteiger charge is 2.04. The van der Waals surface area contributed by atoms with Crippen LogP contribution in [-0.4, -0.2) is 36.6 Å². The first-order valence-electron chi connectivity index (χ1n) is 4.60. The normalized spacial score (nSPS) is 10.7. The second-order valence-corrected chi connectivity index (χ2v) is 2.83. The Morgan fingerprint density at radius 1 is 1.40 bits per heavy atom. The summed E-state index contributed by atoms with van der Waals surface area (Å²) in [6.07, 6.45) is 1.24. The standard InChI is InChI=1S/C8H18FN5.ClH/c1-2-14(6-4-3-5-9)8(12)13-7(10)11;/h2-6H2,1H3,(H5,10,11,12,13);1H. The fourth-order valence-electron chi connectivity index (χ4n) is 1.03. The zero-order chi connectivity index (χ0) is 11.0. The van der Waals surface area contributed by atoms with Crippen LogP contribution in [-0.2, 0) is 0 Å². The number of aliphatic imine (C=N–C) groups is 1. The lowest BCUT2D eigenvalue weighted by molar-refractivity contribution is 0.391. The number of alkyl halides is 1. The van der Waals surface area contributed by atoms with Crippen LogP contribution in [0.15, 0.2) is 4.99 Å². The van der Waals surface area contributed by atoms with Crippen LogP contribution in [0.1, 0.15) is 19.8 Å². The second kappa shape index (κ2) is 9.51. The highest BCUT2D eigenvalue weighted by molar-refractivity contribution is 5.91. The number of nitrogens with one attached hydrogen (secondary N) is 1.